The van der Waals surface area contributed by atoms with Crippen LogP contribution in [-0.2, 0) is 14.0 Å². The van der Waals surface area contributed by atoms with Gasteiger partial charge in [0.1, 0.15) is 11.6 Å². The van der Waals surface area contributed by atoms with Crippen molar-refractivity contribution in [3.63, 3.8) is 0 Å². The normalized spacial score (nSPS) is 19.0. The fraction of sp³-hybridized carbons (Fsp3) is 0.500. The number of carbonyl (C=O) groups is 2. The van der Waals surface area contributed by atoms with Crippen LogP contribution in [0.15, 0.2) is 60.7 Å². The highest BCUT2D eigenvalue weighted by Gasteiger charge is 2.55. The van der Waals surface area contributed by atoms with Crippen LogP contribution in [0.25, 0.3) is 0 Å². The fourth-order valence-electron chi connectivity index (χ4n) is 4.88. The monoisotopic (exact) mass is 481 g/mol. The summed E-state index contributed by atoms with van der Waals surface area (Å²) in [6.45, 7) is 14.3. The van der Waals surface area contributed by atoms with Crippen LogP contribution in [0.5, 0.6) is 0 Å². The molecule has 0 N–H and O–H groups in total. The highest BCUT2D eigenvalue weighted by molar-refractivity contribution is 6.99. The van der Waals surface area contributed by atoms with Crippen molar-refractivity contribution in [2.75, 3.05) is 6.61 Å². The lowest BCUT2D eigenvalue weighted by Gasteiger charge is -2.49. The maximum absolute atomic E-state index is 13.2. The molecule has 0 unspecified atom stereocenters. The SMILES string of the molecule is CCC[C@@H]1C(=O)[C@H](CO[Si](c2ccccc2)(c2ccccc2)C(C)(C)C)N1C(=O)OC(C)(C)C. The Morgan fingerprint density at radius 1 is 0.882 bits per heavy atom. The number of ether oxygens (including phenoxy) is 1. The Bertz CT molecular complexity index is 939. The lowest BCUT2D eigenvalue weighted by Crippen LogP contribution is -2.72. The second kappa shape index (κ2) is 10.0. The minimum Gasteiger partial charge on any atom is -0.444 e. The average molecular weight is 482 g/mol. The highest BCUT2D eigenvalue weighted by Crippen LogP contribution is 2.38. The Morgan fingerprint density at radius 2 is 1.38 bits per heavy atom. The summed E-state index contributed by atoms with van der Waals surface area (Å²) >= 11 is 0. The molecular weight excluding hydrogens is 442 g/mol. The van der Waals surface area contributed by atoms with Crippen molar-refractivity contribution >= 4 is 30.6 Å². The van der Waals surface area contributed by atoms with Crippen LogP contribution in [0.2, 0.25) is 5.04 Å². The number of nitrogens with zero attached hydrogens (tertiary/aromatic N) is 1. The van der Waals surface area contributed by atoms with Gasteiger partial charge in [0.05, 0.1) is 12.6 Å². The van der Waals surface area contributed by atoms with Gasteiger partial charge in [0, 0.05) is 0 Å². The number of carbonyl (C=O) groups excluding carboxylic acids is 2. The van der Waals surface area contributed by atoms with E-state index in [9.17, 15) is 9.59 Å². The van der Waals surface area contributed by atoms with E-state index in [4.69, 9.17) is 9.16 Å². The maximum Gasteiger partial charge on any atom is 0.411 e. The molecule has 0 aromatic heterocycles. The molecule has 0 aliphatic carbocycles. The molecule has 0 bridgehead atoms. The van der Waals surface area contributed by atoms with Crippen LogP contribution >= 0.6 is 0 Å². The number of hydrogen-bond acceptors (Lipinski definition) is 4. The van der Waals surface area contributed by atoms with E-state index >= 15 is 0 Å². The number of likely N-dealkylation sites (tertiary alicyclic amines) is 1. The summed E-state index contributed by atoms with van der Waals surface area (Å²) in [5.41, 5.74) is -0.629. The van der Waals surface area contributed by atoms with Crippen LogP contribution < -0.4 is 10.4 Å². The van der Waals surface area contributed by atoms with Gasteiger partial charge in [0.15, 0.2) is 5.78 Å². The first-order valence-corrected chi connectivity index (χ1v) is 14.1. The Morgan fingerprint density at radius 3 is 1.79 bits per heavy atom. The zero-order chi connectivity index (χ0) is 25.1. The summed E-state index contributed by atoms with van der Waals surface area (Å²) in [5.74, 6) is 0.0608. The molecule has 34 heavy (non-hydrogen) atoms. The number of amides is 1. The molecular formula is C28H39NO4Si. The number of benzene rings is 2. The average Bonchev–Trinajstić information content (AvgIpc) is 2.76. The first-order chi connectivity index (χ1) is 15.9. The van der Waals surface area contributed by atoms with Crippen molar-refractivity contribution in [1.82, 2.24) is 4.90 Å². The second-order valence-electron chi connectivity index (χ2n) is 11.1. The molecule has 1 heterocycles. The molecule has 0 radical (unpaired) electrons. The van der Waals surface area contributed by atoms with Crippen LogP contribution in [0.3, 0.4) is 0 Å². The van der Waals surface area contributed by atoms with Gasteiger partial charge in [0.25, 0.3) is 8.32 Å². The molecule has 0 saturated carbocycles. The maximum atomic E-state index is 13.2. The van der Waals surface area contributed by atoms with Gasteiger partial charge in [-0.15, -0.1) is 0 Å². The van der Waals surface area contributed by atoms with E-state index < -0.39 is 32.1 Å². The standard InChI is InChI=1S/C28H39NO4Si/c1-8-15-23-25(30)24(29(23)26(31)33-27(2,3)4)20-32-34(28(5,6)7,21-16-11-9-12-17-21)22-18-13-10-14-19-22/h9-14,16-19,23-24H,8,15,20H2,1-7H3/t23-,24+/m1/s1. The van der Waals surface area contributed by atoms with Gasteiger partial charge in [-0.3, -0.25) is 9.69 Å². The number of ketones is 1. The van der Waals surface area contributed by atoms with Gasteiger partial charge in [-0.2, -0.15) is 0 Å². The first kappa shape index (κ1) is 26.2. The number of Topliss-reactive ketones (excluding diaryl/α,β-unsaturated/α-hetero) is 1. The van der Waals surface area contributed by atoms with Gasteiger partial charge in [-0.05, 0) is 42.6 Å². The lowest BCUT2D eigenvalue weighted by molar-refractivity contribution is -0.146. The van der Waals surface area contributed by atoms with E-state index in [-0.39, 0.29) is 17.4 Å². The quantitative estimate of drug-likeness (QED) is 0.527. The molecule has 1 aliphatic rings. The molecule has 0 spiro atoms. The molecule has 2 atom stereocenters. The summed E-state index contributed by atoms with van der Waals surface area (Å²) in [6, 6.07) is 19.6. The van der Waals surface area contributed by atoms with Crippen LogP contribution in [0.4, 0.5) is 4.79 Å². The van der Waals surface area contributed by atoms with Gasteiger partial charge in [-0.1, -0.05) is 94.8 Å². The Hall–Kier alpha value is -2.44. The van der Waals surface area contributed by atoms with Crippen LogP contribution in [0, 0.1) is 0 Å². The minimum absolute atomic E-state index is 0.0608. The topological polar surface area (TPSA) is 55.8 Å². The summed E-state index contributed by atoms with van der Waals surface area (Å²) in [5, 5.41) is 2.09. The summed E-state index contributed by atoms with van der Waals surface area (Å²) in [6.07, 6.45) is 1.01. The zero-order valence-electron chi connectivity index (χ0n) is 21.6. The Balaban J connectivity index is 1.99. The van der Waals surface area contributed by atoms with Gasteiger partial charge < -0.3 is 9.16 Å². The molecule has 3 rings (SSSR count). The first-order valence-electron chi connectivity index (χ1n) is 12.2. The van der Waals surface area contributed by atoms with Crippen molar-refractivity contribution in [2.24, 2.45) is 0 Å². The summed E-state index contributed by atoms with van der Waals surface area (Å²) in [4.78, 5) is 27.8. The predicted octanol–water partition coefficient (Wildman–Crippen LogP) is 4.92. The van der Waals surface area contributed by atoms with E-state index in [0.717, 1.165) is 16.8 Å². The van der Waals surface area contributed by atoms with Crippen molar-refractivity contribution in [3.05, 3.63) is 60.7 Å². The predicted molar refractivity (Wildman–Crippen MR) is 139 cm³/mol. The molecule has 184 valence electrons. The smallest absolute Gasteiger partial charge is 0.411 e. The molecule has 5 nitrogen and oxygen atoms in total. The minimum atomic E-state index is -2.81. The lowest BCUT2D eigenvalue weighted by atomic mass is 9.89. The molecule has 2 aromatic carbocycles. The van der Waals surface area contributed by atoms with Crippen molar-refractivity contribution in [3.8, 4) is 0 Å². The molecule has 2 aromatic rings. The summed E-state index contributed by atoms with van der Waals surface area (Å²) < 4.78 is 12.6. The van der Waals surface area contributed by atoms with Crippen LogP contribution in [0.1, 0.15) is 61.3 Å². The summed E-state index contributed by atoms with van der Waals surface area (Å²) in [7, 11) is -2.81. The van der Waals surface area contributed by atoms with E-state index in [1.54, 1.807) is 4.90 Å². The van der Waals surface area contributed by atoms with E-state index in [1.165, 1.54) is 0 Å². The fourth-order valence-corrected chi connectivity index (χ4v) is 9.45. The zero-order valence-corrected chi connectivity index (χ0v) is 22.6. The van der Waals surface area contributed by atoms with E-state index in [0.29, 0.717) is 6.42 Å². The van der Waals surface area contributed by atoms with E-state index in [1.807, 2.05) is 64.1 Å². The highest BCUT2D eigenvalue weighted by atomic mass is 28.4. The Labute approximate surface area is 205 Å². The third kappa shape index (κ3) is 5.13. The number of hydrogen-bond donors (Lipinski definition) is 0. The Kier molecular flexibility index (Phi) is 7.73. The number of rotatable bonds is 7. The van der Waals surface area contributed by atoms with Gasteiger partial charge >= 0.3 is 6.09 Å². The van der Waals surface area contributed by atoms with Crippen molar-refractivity contribution in [1.29, 1.82) is 0 Å². The molecule has 1 saturated heterocycles. The molecule has 1 fully saturated rings. The third-order valence-electron chi connectivity index (χ3n) is 6.37. The van der Waals surface area contributed by atoms with E-state index in [2.05, 4.69) is 45.0 Å². The molecule has 1 aliphatic heterocycles. The van der Waals surface area contributed by atoms with Crippen molar-refractivity contribution in [2.45, 2.75) is 84.0 Å². The van der Waals surface area contributed by atoms with Crippen molar-refractivity contribution < 1.29 is 18.8 Å². The largest absolute Gasteiger partial charge is 0.444 e. The second-order valence-corrected chi connectivity index (χ2v) is 15.4. The van der Waals surface area contributed by atoms with Crippen LogP contribution in [-0.4, -0.2) is 49.4 Å². The molecule has 1 amide bonds. The van der Waals surface area contributed by atoms with Gasteiger partial charge in [0.2, 0.25) is 0 Å². The van der Waals surface area contributed by atoms with Gasteiger partial charge in [-0.25, -0.2) is 4.79 Å². The molecule has 6 heteroatoms. The third-order valence-corrected chi connectivity index (χ3v) is 11.4.